The van der Waals surface area contributed by atoms with Gasteiger partial charge in [-0.25, -0.2) is 0 Å². The van der Waals surface area contributed by atoms with E-state index in [1.165, 1.54) is 0 Å². The normalized spacial score (nSPS) is 32.9. The van der Waals surface area contributed by atoms with Gasteiger partial charge in [0.05, 0.1) is 18.7 Å². The van der Waals surface area contributed by atoms with Crippen LogP contribution >= 0.6 is 0 Å². The van der Waals surface area contributed by atoms with Crippen molar-refractivity contribution in [3.63, 3.8) is 0 Å². The number of rotatable bonds is 5. The Hall–Kier alpha value is -1.47. The molecule has 0 aromatic carbocycles. The molecule has 1 unspecified atom stereocenters. The molecular weight excluding hydrogens is 330 g/mol. The summed E-state index contributed by atoms with van der Waals surface area (Å²) >= 11 is 0. The first-order valence-electron chi connectivity index (χ1n) is 10.1. The van der Waals surface area contributed by atoms with E-state index < -0.39 is 5.60 Å². The van der Waals surface area contributed by atoms with Crippen LogP contribution in [0.1, 0.15) is 58.1 Å². The van der Waals surface area contributed by atoms with Crippen LogP contribution in [-0.4, -0.2) is 56.1 Å². The summed E-state index contributed by atoms with van der Waals surface area (Å²) in [7, 11) is 0. The Kier molecular flexibility index (Phi) is 4.77. The predicted octanol–water partition coefficient (Wildman–Crippen LogP) is 1.27. The van der Waals surface area contributed by atoms with Crippen molar-refractivity contribution in [1.82, 2.24) is 25.2 Å². The van der Waals surface area contributed by atoms with E-state index in [1.54, 1.807) is 0 Å². The van der Waals surface area contributed by atoms with Crippen LogP contribution in [-0.2, 0) is 16.9 Å². The van der Waals surface area contributed by atoms with E-state index in [1.807, 2.05) is 24.7 Å². The van der Waals surface area contributed by atoms with Crippen LogP contribution in [0.3, 0.4) is 0 Å². The van der Waals surface area contributed by atoms with Gasteiger partial charge in [-0.15, -0.1) is 5.10 Å². The fourth-order valence-electron chi connectivity index (χ4n) is 5.05. The van der Waals surface area contributed by atoms with E-state index in [0.717, 1.165) is 63.9 Å². The number of amides is 1. The first-order chi connectivity index (χ1) is 12.4. The summed E-state index contributed by atoms with van der Waals surface area (Å²) in [4.78, 5) is 14.9. The van der Waals surface area contributed by atoms with Crippen molar-refractivity contribution < 1.29 is 9.90 Å². The molecular formula is C19H31N5O2. The van der Waals surface area contributed by atoms with Gasteiger partial charge < -0.3 is 10.4 Å². The Labute approximate surface area is 155 Å². The second kappa shape index (κ2) is 6.93. The zero-order valence-electron chi connectivity index (χ0n) is 15.9. The highest BCUT2D eigenvalue weighted by Gasteiger charge is 2.43. The minimum atomic E-state index is -0.774. The van der Waals surface area contributed by atoms with Crippen LogP contribution in [0.4, 0.5) is 0 Å². The molecule has 4 fully saturated rings. The summed E-state index contributed by atoms with van der Waals surface area (Å²) in [5.41, 5.74) is -0.0513. The Balaban J connectivity index is 1.39. The van der Waals surface area contributed by atoms with Crippen molar-refractivity contribution in [2.45, 2.75) is 76.6 Å². The van der Waals surface area contributed by atoms with E-state index in [4.69, 9.17) is 0 Å². The van der Waals surface area contributed by atoms with Crippen LogP contribution in [0.2, 0.25) is 0 Å². The lowest BCUT2D eigenvalue weighted by molar-refractivity contribution is -0.133. The maximum absolute atomic E-state index is 12.5. The Bertz CT molecular complexity index is 652. The van der Waals surface area contributed by atoms with Crippen LogP contribution in [0.25, 0.3) is 0 Å². The fourth-order valence-corrected chi connectivity index (χ4v) is 5.05. The van der Waals surface area contributed by atoms with Crippen molar-refractivity contribution in [3.8, 4) is 0 Å². The van der Waals surface area contributed by atoms with E-state index in [2.05, 4.69) is 20.5 Å². The van der Waals surface area contributed by atoms with Gasteiger partial charge >= 0.3 is 0 Å². The number of fused-ring (bicyclic) bond motifs is 3. The summed E-state index contributed by atoms with van der Waals surface area (Å²) in [6, 6.07) is 0.605. The number of aromatic nitrogens is 3. The number of piperidine rings is 3. The third-order valence-corrected chi connectivity index (χ3v) is 6.49. The van der Waals surface area contributed by atoms with E-state index in [9.17, 15) is 9.90 Å². The summed E-state index contributed by atoms with van der Waals surface area (Å²) in [5.74, 6) is 0.790. The zero-order chi connectivity index (χ0) is 18.3. The lowest BCUT2D eigenvalue weighted by atomic mass is 9.75. The molecule has 1 aliphatic carbocycles. The average molecular weight is 361 g/mol. The van der Waals surface area contributed by atoms with Crippen LogP contribution < -0.4 is 5.32 Å². The molecule has 1 aromatic rings. The number of aliphatic hydroxyl groups is 1. The van der Waals surface area contributed by atoms with Gasteiger partial charge in [-0.2, -0.15) is 0 Å². The largest absolute Gasteiger partial charge is 0.383 e. The van der Waals surface area contributed by atoms with Gasteiger partial charge in [0.15, 0.2) is 0 Å². The lowest BCUT2D eigenvalue weighted by Crippen LogP contribution is -2.58. The molecule has 2 bridgehead atoms. The highest BCUT2D eigenvalue weighted by molar-refractivity contribution is 5.79. The molecule has 4 aliphatic rings. The Morgan fingerprint density at radius 3 is 2.85 bits per heavy atom. The molecule has 1 aromatic heterocycles. The molecule has 26 heavy (non-hydrogen) atoms. The quantitative estimate of drug-likeness (QED) is 0.825. The summed E-state index contributed by atoms with van der Waals surface area (Å²) in [6.45, 7) is 6.73. The number of hydrogen-bond acceptors (Lipinski definition) is 5. The van der Waals surface area contributed by atoms with Gasteiger partial charge in [-0.05, 0) is 52.0 Å². The van der Waals surface area contributed by atoms with Gasteiger partial charge in [0, 0.05) is 18.6 Å². The topological polar surface area (TPSA) is 83.3 Å². The van der Waals surface area contributed by atoms with Crippen molar-refractivity contribution >= 4 is 5.91 Å². The van der Waals surface area contributed by atoms with E-state index in [0.29, 0.717) is 12.0 Å². The first kappa shape index (κ1) is 17.9. The molecule has 1 saturated carbocycles. The number of nitrogens with one attached hydrogen (secondary N) is 1. The van der Waals surface area contributed by atoms with Crippen molar-refractivity contribution in [2.75, 3.05) is 13.1 Å². The number of carbonyl (C=O) groups is 1. The smallest absolute Gasteiger partial charge is 0.224 e. The summed E-state index contributed by atoms with van der Waals surface area (Å²) in [5, 5.41) is 22.3. The molecule has 3 aliphatic heterocycles. The van der Waals surface area contributed by atoms with Crippen molar-refractivity contribution in [2.24, 2.45) is 11.8 Å². The first-order valence-corrected chi connectivity index (χ1v) is 10.1. The number of carbonyl (C=O) groups excluding carboxylic acids is 1. The molecule has 7 nitrogen and oxygen atoms in total. The molecule has 4 atom stereocenters. The highest BCUT2D eigenvalue weighted by atomic mass is 16.3. The summed E-state index contributed by atoms with van der Waals surface area (Å²) in [6.07, 6.45) is 7.76. The molecule has 1 amide bonds. The summed E-state index contributed by atoms with van der Waals surface area (Å²) < 4.78 is 1.89. The average Bonchev–Trinajstić information content (AvgIpc) is 3.25. The maximum atomic E-state index is 12.5. The molecule has 7 heteroatoms. The number of nitrogens with zero attached hydrogens (tertiary/aromatic N) is 4. The highest BCUT2D eigenvalue weighted by Crippen LogP contribution is 2.38. The SMILES string of the molecule is CC(C)NC(=O)[C@H]1CN2CC[C@H]1C[C@@H]2Cn1cc(C2(O)CCCC2)nn1. The minimum Gasteiger partial charge on any atom is -0.383 e. The van der Waals surface area contributed by atoms with Gasteiger partial charge in [0.1, 0.15) is 11.3 Å². The van der Waals surface area contributed by atoms with E-state index in [-0.39, 0.29) is 17.9 Å². The lowest BCUT2D eigenvalue weighted by Gasteiger charge is -2.49. The van der Waals surface area contributed by atoms with E-state index >= 15 is 0 Å². The van der Waals surface area contributed by atoms with Crippen molar-refractivity contribution in [1.29, 1.82) is 0 Å². The predicted molar refractivity (Wildman–Crippen MR) is 97.2 cm³/mol. The second-order valence-electron chi connectivity index (χ2n) is 8.77. The third-order valence-electron chi connectivity index (χ3n) is 6.49. The molecule has 5 rings (SSSR count). The molecule has 4 heterocycles. The van der Waals surface area contributed by atoms with Gasteiger partial charge in [0.2, 0.25) is 5.91 Å². The standard InChI is InChI=1S/C19H31N5O2/c1-13(2)20-18(25)16-11-23-8-5-14(16)9-15(23)10-24-12-17(21-22-24)19(26)6-3-4-7-19/h12-16,26H,3-11H2,1-2H3,(H,20,25)/t14-,15+,16-/m0/s1. The molecule has 0 spiro atoms. The molecule has 0 radical (unpaired) electrons. The van der Waals surface area contributed by atoms with Crippen LogP contribution in [0.5, 0.6) is 0 Å². The van der Waals surface area contributed by atoms with Gasteiger partial charge in [0.25, 0.3) is 0 Å². The fraction of sp³-hybridized carbons (Fsp3) is 0.842. The Morgan fingerprint density at radius 1 is 1.42 bits per heavy atom. The number of hydrogen-bond donors (Lipinski definition) is 2. The van der Waals surface area contributed by atoms with Crippen LogP contribution in [0.15, 0.2) is 6.20 Å². The third kappa shape index (κ3) is 3.39. The molecule has 144 valence electrons. The zero-order valence-corrected chi connectivity index (χ0v) is 15.9. The monoisotopic (exact) mass is 361 g/mol. The molecule has 2 N–H and O–H groups in total. The van der Waals surface area contributed by atoms with Crippen LogP contribution in [0, 0.1) is 11.8 Å². The second-order valence-corrected chi connectivity index (χ2v) is 8.77. The maximum Gasteiger partial charge on any atom is 0.224 e. The van der Waals surface area contributed by atoms with Crippen molar-refractivity contribution in [3.05, 3.63) is 11.9 Å². The van der Waals surface area contributed by atoms with Gasteiger partial charge in [-0.3, -0.25) is 14.4 Å². The van der Waals surface area contributed by atoms with Gasteiger partial charge in [-0.1, -0.05) is 18.1 Å². The Morgan fingerprint density at radius 2 is 2.19 bits per heavy atom. The molecule has 3 saturated heterocycles. The minimum absolute atomic E-state index is 0.118.